The largest absolute Gasteiger partial charge is 0.494 e. The van der Waals surface area contributed by atoms with Crippen LogP contribution in [0.25, 0.3) is 15.9 Å². The lowest BCUT2D eigenvalue weighted by atomic mass is 10.2. The van der Waals surface area contributed by atoms with Crippen LogP contribution in [0.2, 0.25) is 0 Å². The Bertz CT molecular complexity index is 1070. The Morgan fingerprint density at radius 2 is 2.07 bits per heavy atom. The summed E-state index contributed by atoms with van der Waals surface area (Å²) in [6, 6.07) is 7.44. The number of hydrogen-bond donors (Lipinski definition) is 0. The van der Waals surface area contributed by atoms with Gasteiger partial charge in [0.05, 0.1) is 23.4 Å². The number of ketones is 1. The average molecular weight is 401 g/mol. The predicted octanol–water partition coefficient (Wildman–Crippen LogP) is 4.02. The molecule has 140 valence electrons. The average Bonchev–Trinajstić information content (AvgIpc) is 3.22. The van der Waals surface area contributed by atoms with E-state index >= 15 is 0 Å². The van der Waals surface area contributed by atoms with E-state index in [2.05, 4.69) is 0 Å². The third-order valence-corrected chi connectivity index (χ3v) is 6.79. The monoisotopic (exact) mass is 400 g/mol. The highest BCUT2D eigenvalue weighted by Crippen LogP contribution is 2.36. The van der Waals surface area contributed by atoms with E-state index in [0.29, 0.717) is 17.5 Å². The van der Waals surface area contributed by atoms with Gasteiger partial charge in [0.2, 0.25) is 0 Å². The molecule has 0 radical (unpaired) electrons. The van der Waals surface area contributed by atoms with Gasteiger partial charge in [0, 0.05) is 4.88 Å². The fourth-order valence-electron chi connectivity index (χ4n) is 3.37. The maximum absolute atomic E-state index is 13.4. The molecule has 3 aromatic rings. The number of hydrogen-bond acceptors (Lipinski definition) is 6. The smallest absolute Gasteiger partial charge is 0.267 e. The van der Waals surface area contributed by atoms with Crippen LogP contribution in [0.15, 0.2) is 34.2 Å². The van der Waals surface area contributed by atoms with Gasteiger partial charge < -0.3 is 4.74 Å². The van der Waals surface area contributed by atoms with Crippen LogP contribution in [0, 0.1) is 0 Å². The van der Waals surface area contributed by atoms with Gasteiger partial charge in [-0.2, -0.15) is 0 Å². The number of thioether (sulfide) groups is 1. The zero-order valence-corrected chi connectivity index (χ0v) is 16.9. The van der Waals surface area contributed by atoms with Gasteiger partial charge in [0.25, 0.3) is 5.56 Å². The van der Waals surface area contributed by atoms with E-state index < -0.39 is 0 Å². The zero-order valence-electron chi connectivity index (χ0n) is 15.3. The summed E-state index contributed by atoms with van der Waals surface area (Å²) >= 11 is 2.93. The molecule has 0 unspecified atom stereocenters. The summed E-state index contributed by atoms with van der Waals surface area (Å²) in [4.78, 5) is 31.8. The highest BCUT2D eigenvalue weighted by atomic mass is 32.2. The number of ether oxygens (including phenoxy) is 1. The number of benzene rings is 1. The Kier molecular flexibility index (Phi) is 5.06. The Morgan fingerprint density at radius 3 is 2.78 bits per heavy atom. The van der Waals surface area contributed by atoms with Crippen LogP contribution in [-0.4, -0.2) is 27.7 Å². The fourth-order valence-corrected chi connectivity index (χ4v) is 5.49. The molecule has 5 nitrogen and oxygen atoms in total. The molecule has 0 N–H and O–H groups in total. The molecular formula is C20H20N2O3S2. The van der Waals surface area contributed by atoms with E-state index in [4.69, 9.17) is 9.72 Å². The van der Waals surface area contributed by atoms with Crippen LogP contribution in [0.4, 0.5) is 0 Å². The first-order valence-electron chi connectivity index (χ1n) is 9.01. The molecule has 0 saturated carbocycles. The first-order valence-corrected chi connectivity index (χ1v) is 10.8. The number of nitrogens with zero attached hydrogens (tertiary/aromatic N) is 2. The topological polar surface area (TPSA) is 61.2 Å². The van der Waals surface area contributed by atoms with Gasteiger partial charge in [-0.05, 0) is 62.9 Å². The van der Waals surface area contributed by atoms with Crippen LogP contribution < -0.4 is 10.3 Å². The molecule has 0 saturated heterocycles. The van der Waals surface area contributed by atoms with Crippen molar-refractivity contribution in [3.05, 3.63) is 45.1 Å². The van der Waals surface area contributed by atoms with E-state index in [1.807, 2.05) is 31.2 Å². The van der Waals surface area contributed by atoms with Gasteiger partial charge in [0.15, 0.2) is 5.16 Å². The highest BCUT2D eigenvalue weighted by Gasteiger charge is 2.24. The molecule has 0 fully saturated rings. The van der Waals surface area contributed by atoms with Crippen LogP contribution in [0.5, 0.6) is 5.75 Å². The minimum Gasteiger partial charge on any atom is -0.494 e. The van der Waals surface area contributed by atoms with Gasteiger partial charge >= 0.3 is 0 Å². The van der Waals surface area contributed by atoms with Crippen molar-refractivity contribution < 1.29 is 9.53 Å². The van der Waals surface area contributed by atoms with Crippen molar-refractivity contribution in [3.63, 3.8) is 0 Å². The molecular weight excluding hydrogens is 380 g/mol. The summed E-state index contributed by atoms with van der Waals surface area (Å²) in [7, 11) is 0. The maximum Gasteiger partial charge on any atom is 0.267 e. The maximum atomic E-state index is 13.4. The van der Waals surface area contributed by atoms with Crippen molar-refractivity contribution in [2.45, 2.75) is 38.3 Å². The van der Waals surface area contributed by atoms with Crippen molar-refractivity contribution in [1.82, 2.24) is 9.55 Å². The first-order chi connectivity index (χ1) is 13.1. The first kappa shape index (κ1) is 18.3. The lowest BCUT2D eigenvalue weighted by Gasteiger charge is -2.13. The van der Waals surface area contributed by atoms with E-state index in [1.165, 1.54) is 16.6 Å². The second-order valence-electron chi connectivity index (χ2n) is 6.49. The number of fused-ring (bicyclic) bond motifs is 3. The summed E-state index contributed by atoms with van der Waals surface area (Å²) in [5, 5.41) is 1.31. The zero-order chi connectivity index (χ0) is 19.0. The van der Waals surface area contributed by atoms with Crippen LogP contribution >= 0.6 is 23.1 Å². The molecule has 1 aliphatic carbocycles. The standard InChI is InChI=1S/C20H20N2O3S2/c1-3-25-14-9-7-13(8-10-14)22-19(24)17-15-5-4-6-16(15)27-18(17)21-20(22)26-11-12(2)23/h7-10H,3-6,11H2,1-2H3. The molecule has 1 aliphatic rings. The Morgan fingerprint density at radius 1 is 1.30 bits per heavy atom. The van der Waals surface area contributed by atoms with E-state index in [9.17, 15) is 9.59 Å². The van der Waals surface area contributed by atoms with Gasteiger partial charge in [-0.1, -0.05) is 11.8 Å². The lowest BCUT2D eigenvalue weighted by Crippen LogP contribution is -2.22. The van der Waals surface area contributed by atoms with Crippen molar-refractivity contribution in [2.24, 2.45) is 0 Å². The van der Waals surface area contributed by atoms with E-state index in [1.54, 1.807) is 22.8 Å². The van der Waals surface area contributed by atoms with Crippen LogP contribution in [0.3, 0.4) is 0 Å². The molecule has 0 aliphatic heterocycles. The lowest BCUT2D eigenvalue weighted by molar-refractivity contribution is -0.114. The molecule has 0 amide bonds. The molecule has 27 heavy (non-hydrogen) atoms. The second-order valence-corrected chi connectivity index (χ2v) is 8.52. The number of rotatable bonds is 6. The summed E-state index contributed by atoms with van der Waals surface area (Å²) in [6.45, 7) is 4.07. The minimum absolute atomic E-state index is 0.0467. The van der Waals surface area contributed by atoms with Gasteiger partial charge in [-0.3, -0.25) is 14.2 Å². The molecule has 7 heteroatoms. The molecule has 4 rings (SSSR count). The number of carbonyl (C=O) groups is 1. The van der Waals surface area contributed by atoms with E-state index in [0.717, 1.165) is 46.5 Å². The number of aryl methyl sites for hydroxylation is 2. The number of aromatic nitrogens is 2. The predicted molar refractivity (Wildman–Crippen MR) is 110 cm³/mol. The molecule has 0 atom stereocenters. The van der Waals surface area contributed by atoms with Crippen molar-refractivity contribution >= 4 is 39.1 Å². The number of Topliss-reactive ketones (excluding diaryl/α,β-unsaturated/α-hetero) is 1. The SMILES string of the molecule is CCOc1ccc(-n2c(SCC(C)=O)nc3sc4c(c3c2=O)CCC4)cc1. The third kappa shape index (κ3) is 3.41. The molecule has 0 bridgehead atoms. The summed E-state index contributed by atoms with van der Waals surface area (Å²) in [5.41, 5.74) is 1.85. The third-order valence-electron chi connectivity index (χ3n) is 4.52. The Hall–Kier alpha value is -2.12. The van der Waals surface area contributed by atoms with Gasteiger partial charge in [-0.25, -0.2) is 4.98 Å². The Labute approximate surface area is 165 Å². The van der Waals surface area contributed by atoms with Crippen LogP contribution in [0.1, 0.15) is 30.7 Å². The molecule has 2 heterocycles. The second kappa shape index (κ2) is 7.48. The molecule has 1 aromatic carbocycles. The fraction of sp³-hybridized carbons (Fsp3) is 0.350. The summed E-state index contributed by atoms with van der Waals surface area (Å²) in [6.07, 6.45) is 3.06. The molecule has 2 aromatic heterocycles. The summed E-state index contributed by atoms with van der Waals surface area (Å²) in [5.74, 6) is 1.11. The van der Waals surface area contributed by atoms with Crippen molar-refractivity contribution in [2.75, 3.05) is 12.4 Å². The minimum atomic E-state index is -0.0467. The number of thiophene rings is 1. The molecule has 0 spiro atoms. The normalized spacial score (nSPS) is 13.1. The summed E-state index contributed by atoms with van der Waals surface area (Å²) < 4.78 is 7.14. The quantitative estimate of drug-likeness (QED) is 0.462. The Balaban J connectivity index is 1.89. The van der Waals surface area contributed by atoms with E-state index in [-0.39, 0.29) is 11.3 Å². The van der Waals surface area contributed by atoms with Crippen LogP contribution in [-0.2, 0) is 17.6 Å². The van der Waals surface area contributed by atoms with Crippen molar-refractivity contribution in [3.8, 4) is 11.4 Å². The van der Waals surface area contributed by atoms with Crippen molar-refractivity contribution in [1.29, 1.82) is 0 Å². The van der Waals surface area contributed by atoms with Gasteiger partial charge in [0.1, 0.15) is 16.4 Å². The number of carbonyl (C=O) groups excluding carboxylic acids is 1. The van der Waals surface area contributed by atoms with Gasteiger partial charge in [-0.15, -0.1) is 11.3 Å². The highest BCUT2D eigenvalue weighted by molar-refractivity contribution is 7.99.